The van der Waals surface area contributed by atoms with E-state index in [1.165, 1.54) is 0 Å². The van der Waals surface area contributed by atoms with Crippen molar-refractivity contribution in [3.05, 3.63) is 87.3 Å². The number of para-hydroxylation sites is 1. The van der Waals surface area contributed by atoms with Gasteiger partial charge in [0.25, 0.3) is 5.56 Å². The SMILES string of the molecule is Cc1cc(=O)n(CCCCOc2ccc(Cl)cc2)c2c1c(C)nn2-c1ccccc1. The van der Waals surface area contributed by atoms with Crippen LogP contribution in [0.1, 0.15) is 24.1 Å². The number of aromatic nitrogens is 3. The molecule has 0 radical (unpaired) electrons. The van der Waals surface area contributed by atoms with Gasteiger partial charge in [0, 0.05) is 23.0 Å². The van der Waals surface area contributed by atoms with Crippen molar-refractivity contribution >= 4 is 22.6 Å². The Morgan fingerprint density at radius 2 is 1.73 bits per heavy atom. The van der Waals surface area contributed by atoms with Gasteiger partial charge in [0.1, 0.15) is 11.4 Å². The van der Waals surface area contributed by atoms with Crippen LogP contribution in [0, 0.1) is 13.8 Å². The molecule has 0 aliphatic rings. The fourth-order valence-electron chi connectivity index (χ4n) is 3.72. The lowest BCUT2D eigenvalue weighted by Crippen LogP contribution is -2.22. The molecule has 0 saturated carbocycles. The van der Waals surface area contributed by atoms with Crippen molar-refractivity contribution in [3.8, 4) is 11.4 Å². The average Bonchev–Trinajstić information content (AvgIpc) is 3.09. The zero-order valence-electron chi connectivity index (χ0n) is 17.1. The zero-order chi connectivity index (χ0) is 21.1. The molecule has 0 amide bonds. The van der Waals surface area contributed by atoms with E-state index >= 15 is 0 Å². The Hall–Kier alpha value is -3.05. The van der Waals surface area contributed by atoms with Gasteiger partial charge in [0.2, 0.25) is 0 Å². The lowest BCUT2D eigenvalue weighted by atomic mass is 10.1. The Morgan fingerprint density at radius 3 is 2.47 bits per heavy atom. The predicted octanol–water partition coefficient (Wildman–Crippen LogP) is 5.32. The van der Waals surface area contributed by atoms with Gasteiger partial charge in [-0.25, -0.2) is 4.68 Å². The van der Waals surface area contributed by atoms with Crippen molar-refractivity contribution < 1.29 is 4.74 Å². The third-order valence-corrected chi connectivity index (χ3v) is 5.40. The summed E-state index contributed by atoms with van der Waals surface area (Å²) in [5.74, 6) is 0.798. The van der Waals surface area contributed by atoms with Gasteiger partial charge >= 0.3 is 0 Å². The molecule has 0 aliphatic carbocycles. The van der Waals surface area contributed by atoms with Gasteiger partial charge in [0.05, 0.1) is 18.0 Å². The monoisotopic (exact) mass is 421 g/mol. The highest BCUT2D eigenvalue weighted by molar-refractivity contribution is 6.30. The highest BCUT2D eigenvalue weighted by Crippen LogP contribution is 2.24. The molecule has 6 heteroatoms. The number of unbranched alkanes of at least 4 members (excludes halogenated alkanes) is 1. The Bertz CT molecular complexity index is 1210. The first kappa shape index (κ1) is 20.2. The van der Waals surface area contributed by atoms with Crippen LogP contribution in [-0.2, 0) is 6.54 Å². The predicted molar refractivity (Wildman–Crippen MR) is 121 cm³/mol. The van der Waals surface area contributed by atoms with Gasteiger partial charge in [-0.05, 0) is 68.7 Å². The van der Waals surface area contributed by atoms with Crippen molar-refractivity contribution in [2.75, 3.05) is 6.61 Å². The standard InChI is InChI=1S/C24H24ClN3O2/c1-17-16-22(29)27(14-6-7-15-30-21-12-10-19(25)11-13-21)24-23(17)18(2)26-28(24)20-8-4-3-5-9-20/h3-5,8-13,16H,6-7,14-15H2,1-2H3. The number of ether oxygens (including phenoxy) is 1. The summed E-state index contributed by atoms with van der Waals surface area (Å²) in [6.07, 6.45) is 1.66. The maximum absolute atomic E-state index is 12.8. The van der Waals surface area contributed by atoms with Gasteiger partial charge in [-0.15, -0.1) is 0 Å². The normalized spacial score (nSPS) is 11.2. The molecule has 2 aromatic heterocycles. The van der Waals surface area contributed by atoms with Crippen molar-refractivity contribution in [2.45, 2.75) is 33.2 Å². The quantitative estimate of drug-likeness (QED) is 0.379. The van der Waals surface area contributed by atoms with E-state index in [4.69, 9.17) is 21.4 Å². The first-order valence-electron chi connectivity index (χ1n) is 10.1. The molecule has 2 aromatic carbocycles. The summed E-state index contributed by atoms with van der Waals surface area (Å²) in [5, 5.41) is 6.46. The number of benzene rings is 2. The fraction of sp³-hybridized carbons (Fsp3) is 0.250. The van der Waals surface area contributed by atoms with Gasteiger partial charge in [-0.3, -0.25) is 9.36 Å². The van der Waals surface area contributed by atoms with Gasteiger partial charge in [-0.2, -0.15) is 5.10 Å². The molecule has 0 saturated heterocycles. The molecule has 0 atom stereocenters. The van der Waals surface area contributed by atoms with Crippen LogP contribution in [0.2, 0.25) is 5.02 Å². The van der Waals surface area contributed by atoms with E-state index in [0.29, 0.717) is 18.2 Å². The third kappa shape index (κ3) is 4.12. The molecule has 0 N–H and O–H groups in total. The van der Waals surface area contributed by atoms with Gasteiger partial charge < -0.3 is 4.74 Å². The number of aryl methyl sites for hydroxylation is 3. The summed E-state index contributed by atoms with van der Waals surface area (Å²) in [7, 11) is 0. The molecule has 5 nitrogen and oxygen atoms in total. The van der Waals surface area contributed by atoms with E-state index in [1.54, 1.807) is 6.07 Å². The van der Waals surface area contributed by atoms with Gasteiger partial charge in [-0.1, -0.05) is 29.8 Å². The fourth-order valence-corrected chi connectivity index (χ4v) is 3.85. The molecule has 0 spiro atoms. The van der Waals surface area contributed by atoms with Crippen molar-refractivity contribution in [3.63, 3.8) is 0 Å². The number of pyridine rings is 1. The second kappa shape index (κ2) is 8.76. The molecular weight excluding hydrogens is 398 g/mol. The van der Waals surface area contributed by atoms with Crippen LogP contribution in [0.4, 0.5) is 0 Å². The van der Waals surface area contributed by atoms with Crippen molar-refractivity contribution in [2.24, 2.45) is 0 Å². The summed E-state index contributed by atoms with van der Waals surface area (Å²) in [4.78, 5) is 12.8. The number of halogens is 1. The average molecular weight is 422 g/mol. The molecule has 30 heavy (non-hydrogen) atoms. The Balaban J connectivity index is 1.56. The molecular formula is C24H24ClN3O2. The van der Waals surface area contributed by atoms with Crippen LogP contribution in [0.15, 0.2) is 65.5 Å². The number of nitrogens with zero attached hydrogens (tertiary/aromatic N) is 3. The topological polar surface area (TPSA) is 49.1 Å². The van der Waals surface area contributed by atoms with E-state index < -0.39 is 0 Å². The largest absolute Gasteiger partial charge is 0.494 e. The summed E-state index contributed by atoms with van der Waals surface area (Å²) >= 11 is 5.90. The number of rotatable bonds is 7. The minimum Gasteiger partial charge on any atom is -0.494 e. The number of hydrogen-bond acceptors (Lipinski definition) is 3. The first-order valence-corrected chi connectivity index (χ1v) is 10.5. The lowest BCUT2D eigenvalue weighted by molar-refractivity contribution is 0.303. The first-order chi connectivity index (χ1) is 14.5. The Kier molecular flexibility index (Phi) is 5.91. The second-order valence-electron chi connectivity index (χ2n) is 7.36. The van der Waals surface area contributed by atoms with E-state index in [9.17, 15) is 4.79 Å². The van der Waals surface area contributed by atoms with Crippen LogP contribution < -0.4 is 10.3 Å². The third-order valence-electron chi connectivity index (χ3n) is 5.15. The molecule has 0 unspecified atom stereocenters. The number of hydrogen-bond donors (Lipinski definition) is 0. The van der Waals surface area contributed by atoms with E-state index in [2.05, 4.69) is 0 Å². The zero-order valence-corrected chi connectivity index (χ0v) is 17.9. The maximum Gasteiger partial charge on any atom is 0.252 e. The van der Waals surface area contributed by atoms with Crippen molar-refractivity contribution in [1.29, 1.82) is 0 Å². The summed E-state index contributed by atoms with van der Waals surface area (Å²) in [5.41, 5.74) is 3.67. The van der Waals surface area contributed by atoms with Crippen LogP contribution >= 0.6 is 11.6 Å². The molecule has 4 aromatic rings. The summed E-state index contributed by atoms with van der Waals surface area (Å²) in [6, 6.07) is 19.0. The van der Waals surface area contributed by atoms with Crippen LogP contribution in [0.25, 0.3) is 16.7 Å². The number of fused-ring (bicyclic) bond motifs is 1. The Labute approximate surface area is 180 Å². The summed E-state index contributed by atoms with van der Waals surface area (Å²) in [6.45, 7) is 5.15. The smallest absolute Gasteiger partial charge is 0.252 e. The minimum absolute atomic E-state index is 0.00398. The molecule has 0 aliphatic heterocycles. The van der Waals surface area contributed by atoms with E-state index in [-0.39, 0.29) is 5.56 Å². The van der Waals surface area contributed by atoms with Crippen LogP contribution in [0.3, 0.4) is 0 Å². The van der Waals surface area contributed by atoms with Crippen molar-refractivity contribution in [1.82, 2.24) is 14.3 Å². The van der Waals surface area contributed by atoms with E-state index in [1.807, 2.05) is 77.7 Å². The minimum atomic E-state index is -0.00398. The Morgan fingerprint density at radius 1 is 1.00 bits per heavy atom. The lowest BCUT2D eigenvalue weighted by Gasteiger charge is -2.12. The molecule has 0 fully saturated rings. The molecule has 2 heterocycles. The van der Waals surface area contributed by atoms with E-state index in [0.717, 1.165) is 46.6 Å². The van der Waals surface area contributed by atoms with Crippen LogP contribution in [0.5, 0.6) is 5.75 Å². The second-order valence-corrected chi connectivity index (χ2v) is 7.79. The molecule has 154 valence electrons. The summed E-state index contributed by atoms with van der Waals surface area (Å²) < 4.78 is 9.48. The highest BCUT2D eigenvalue weighted by atomic mass is 35.5. The van der Waals surface area contributed by atoms with Crippen LogP contribution in [-0.4, -0.2) is 21.0 Å². The maximum atomic E-state index is 12.8. The molecule has 0 bridgehead atoms. The highest BCUT2D eigenvalue weighted by Gasteiger charge is 2.16. The van der Waals surface area contributed by atoms with Gasteiger partial charge in [0.15, 0.2) is 0 Å². The molecule has 4 rings (SSSR count).